The van der Waals surface area contributed by atoms with Crippen molar-refractivity contribution in [3.05, 3.63) is 47.3 Å². The number of pyridine rings is 1. The first-order valence-electron chi connectivity index (χ1n) is 10.4. The molecule has 2 aliphatic rings. The summed E-state index contributed by atoms with van der Waals surface area (Å²) in [5, 5.41) is 5.24. The Balaban J connectivity index is 1.62. The highest BCUT2D eigenvalue weighted by atomic mass is 16.2. The molecule has 1 atom stereocenters. The lowest BCUT2D eigenvalue weighted by Gasteiger charge is -2.37. The highest BCUT2D eigenvalue weighted by Crippen LogP contribution is 2.30. The van der Waals surface area contributed by atoms with Crippen LogP contribution in [0.25, 0.3) is 22.2 Å². The molecule has 0 radical (unpaired) electrons. The Hall–Kier alpha value is -2.73. The van der Waals surface area contributed by atoms with E-state index in [1.807, 2.05) is 30.4 Å². The molecule has 4 heterocycles. The molecule has 150 valence electrons. The van der Waals surface area contributed by atoms with Gasteiger partial charge < -0.3 is 4.90 Å². The van der Waals surface area contributed by atoms with Crippen LogP contribution in [0.2, 0.25) is 0 Å². The van der Waals surface area contributed by atoms with Crippen molar-refractivity contribution in [3.63, 3.8) is 0 Å². The first kappa shape index (κ1) is 18.3. The number of nitrogens with zero attached hydrogens (tertiary/aromatic N) is 5. The molecule has 3 aromatic rings. The lowest BCUT2D eigenvalue weighted by Crippen LogP contribution is -2.52. The van der Waals surface area contributed by atoms with Crippen LogP contribution in [0.1, 0.15) is 34.3 Å². The maximum atomic E-state index is 13.7. The van der Waals surface area contributed by atoms with Gasteiger partial charge >= 0.3 is 0 Å². The zero-order valence-electron chi connectivity index (χ0n) is 17.4. The van der Waals surface area contributed by atoms with Crippen molar-refractivity contribution in [2.24, 2.45) is 7.05 Å². The monoisotopic (exact) mass is 389 g/mol. The number of fused-ring (bicyclic) bond motifs is 2. The number of piperazine rings is 1. The minimum absolute atomic E-state index is 0.124. The van der Waals surface area contributed by atoms with Gasteiger partial charge in [-0.25, -0.2) is 4.98 Å². The van der Waals surface area contributed by atoms with Gasteiger partial charge in [0, 0.05) is 49.9 Å². The summed E-state index contributed by atoms with van der Waals surface area (Å²) in [7, 11) is 1.90. The van der Waals surface area contributed by atoms with E-state index in [4.69, 9.17) is 4.98 Å². The number of hydrogen-bond acceptors (Lipinski definition) is 4. The molecule has 2 aliphatic heterocycles. The van der Waals surface area contributed by atoms with Gasteiger partial charge in [0.05, 0.1) is 23.0 Å². The molecule has 2 fully saturated rings. The van der Waals surface area contributed by atoms with E-state index in [1.54, 1.807) is 4.68 Å². The average Bonchev–Trinajstić information content (AvgIpc) is 3.35. The van der Waals surface area contributed by atoms with Crippen molar-refractivity contribution < 1.29 is 4.79 Å². The molecule has 1 aromatic carbocycles. The Morgan fingerprint density at radius 1 is 1.14 bits per heavy atom. The molecule has 6 nitrogen and oxygen atoms in total. The third-order valence-corrected chi connectivity index (χ3v) is 6.35. The molecule has 0 N–H and O–H groups in total. The standard InChI is InChI=1S/C23H27N5O/c1-15-9-16(2)22-19(10-15)20(11-21(25-22)17-12-24-26(3)13-17)23(29)28-8-7-27-6-4-5-18(27)14-28/h9-13,18H,4-8,14H2,1-3H3. The topological polar surface area (TPSA) is 54.3 Å². The second kappa shape index (κ2) is 6.95. The van der Waals surface area contributed by atoms with Crippen molar-refractivity contribution in [1.82, 2.24) is 24.6 Å². The van der Waals surface area contributed by atoms with Crippen LogP contribution >= 0.6 is 0 Å². The van der Waals surface area contributed by atoms with E-state index in [0.29, 0.717) is 6.04 Å². The van der Waals surface area contributed by atoms with Crippen LogP contribution in [0.5, 0.6) is 0 Å². The molecule has 2 saturated heterocycles. The molecule has 0 bridgehead atoms. The number of amides is 1. The van der Waals surface area contributed by atoms with Crippen molar-refractivity contribution in [2.45, 2.75) is 32.7 Å². The molecular weight excluding hydrogens is 362 g/mol. The van der Waals surface area contributed by atoms with E-state index in [-0.39, 0.29) is 5.91 Å². The van der Waals surface area contributed by atoms with E-state index < -0.39 is 0 Å². The molecule has 0 saturated carbocycles. The van der Waals surface area contributed by atoms with Gasteiger partial charge in [-0.3, -0.25) is 14.4 Å². The number of carbonyl (C=O) groups excluding carboxylic acids is 1. The normalized spacial score (nSPS) is 19.7. The maximum absolute atomic E-state index is 13.7. The summed E-state index contributed by atoms with van der Waals surface area (Å²) in [6, 6.07) is 6.71. The maximum Gasteiger partial charge on any atom is 0.254 e. The fourth-order valence-electron chi connectivity index (χ4n) is 4.91. The van der Waals surface area contributed by atoms with Crippen LogP contribution in [0, 0.1) is 13.8 Å². The van der Waals surface area contributed by atoms with Gasteiger partial charge in [-0.15, -0.1) is 0 Å². The SMILES string of the molecule is Cc1cc(C)c2nc(-c3cnn(C)c3)cc(C(=O)N3CCN4CCCC4C3)c2c1. The Kier molecular flexibility index (Phi) is 4.39. The Morgan fingerprint density at radius 3 is 2.79 bits per heavy atom. The highest BCUT2D eigenvalue weighted by Gasteiger charge is 2.33. The zero-order valence-corrected chi connectivity index (χ0v) is 17.4. The first-order chi connectivity index (χ1) is 14.0. The van der Waals surface area contributed by atoms with Crippen LogP contribution in [0.15, 0.2) is 30.6 Å². The Morgan fingerprint density at radius 2 is 2.00 bits per heavy atom. The van der Waals surface area contributed by atoms with Crippen LogP contribution in [0.3, 0.4) is 0 Å². The second-order valence-corrected chi connectivity index (χ2v) is 8.52. The number of hydrogen-bond donors (Lipinski definition) is 0. The summed E-state index contributed by atoms with van der Waals surface area (Å²) >= 11 is 0. The van der Waals surface area contributed by atoms with Crippen LogP contribution in [-0.4, -0.2) is 62.7 Å². The van der Waals surface area contributed by atoms with Crippen LogP contribution in [0.4, 0.5) is 0 Å². The highest BCUT2D eigenvalue weighted by molar-refractivity contribution is 6.08. The van der Waals surface area contributed by atoms with Gasteiger partial charge in [-0.05, 0) is 50.9 Å². The van der Waals surface area contributed by atoms with Crippen LogP contribution in [-0.2, 0) is 7.05 Å². The van der Waals surface area contributed by atoms with E-state index in [1.165, 1.54) is 19.4 Å². The Bertz CT molecular complexity index is 1100. The quantitative estimate of drug-likeness (QED) is 0.676. The summed E-state index contributed by atoms with van der Waals surface area (Å²) in [6.07, 6.45) is 6.20. The molecule has 1 amide bonds. The lowest BCUT2D eigenvalue weighted by atomic mass is 9.99. The second-order valence-electron chi connectivity index (χ2n) is 8.52. The fraction of sp³-hybridized carbons (Fsp3) is 0.435. The van der Waals surface area contributed by atoms with Gasteiger partial charge in [0.25, 0.3) is 5.91 Å². The summed E-state index contributed by atoms with van der Waals surface area (Å²) in [5.74, 6) is 0.124. The largest absolute Gasteiger partial charge is 0.336 e. The van der Waals surface area contributed by atoms with Crippen LogP contribution < -0.4 is 0 Å². The summed E-state index contributed by atoms with van der Waals surface area (Å²) in [5.41, 5.74) is 5.65. The number of benzene rings is 1. The third-order valence-electron chi connectivity index (χ3n) is 6.35. The van der Waals surface area contributed by atoms with E-state index >= 15 is 0 Å². The minimum atomic E-state index is 0.124. The molecule has 5 rings (SSSR count). The Labute approximate surface area is 171 Å². The van der Waals surface area contributed by atoms with Crippen molar-refractivity contribution >= 4 is 16.8 Å². The first-order valence-corrected chi connectivity index (χ1v) is 10.4. The molecule has 0 spiro atoms. The third kappa shape index (κ3) is 3.21. The smallest absolute Gasteiger partial charge is 0.254 e. The molecule has 2 aromatic heterocycles. The van der Waals surface area contributed by atoms with E-state index in [9.17, 15) is 4.79 Å². The van der Waals surface area contributed by atoms with E-state index in [2.05, 4.69) is 36.0 Å². The summed E-state index contributed by atoms with van der Waals surface area (Å²) in [6.45, 7) is 7.93. The lowest BCUT2D eigenvalue weighted by molar-refractivity contribution is 0.0573. The minimum Gasteiger partial charge on any atom is -0.336 e. The van der Waals surface area contributed by atoms with Crippen molar-refractivity contribution in [2.75, 3.05) is 26.2 Å². The van der Waals surface area contributed by atoms with E-state index in [0.717, 1.165) is 58.5 Å². The molecule has 29 heavy (non-hydrogen) atoms. The summed E-state index contributed by atoms with van der Waals surface area (Å²) in [4.78, 5) is 23.2. The number of aryl methyl sites for hydroxylation is 3. The summed E-state index contributed by atoms with van der Waals surface area (Å²) < 4.78 is 1.77. The predicted molar refractivity (Wildman–Crippen MR) is 114 cm³/mol. The average molecular weight is 390 g/mol. The number of carbonyl (C=O) groups is 1. The predicted octanol–water partition coefficient (Wildman–Crippen LogP) is 3.17. The van der Waals surface area contributed by atoms with Crippen molar-refractivity contribution in [3.8, 4) is 11.3 Å². The van der Waals surface area contributed by atoms with Gasteiger partial charge in [-0.2, -0.15) is 5.10 Å². The number of aromatic nitrogens is 3. The van der Waals surface area contributed by atoms with Gasteiger partial charge in [-0.1, -0.05) is 11.6 Å². The molecule has 1 unspecified atom stereocenters. The fourth-order valence-corrected chi connectivity index (χ4v) is 4.91. The zero-order chi connectivity index (χ0) is 20.1. The van der Waals surface area contributed by atoms with Gasteiger partial charge in [0.2, 0.25) is 0 Å². The van der Waals surface area contributed by atoms with Crippen molar-refractivity contribution in [1.29, 1.82) is 0 Å². The molecular formula is C23H27N5O. The van der Waals surface area contributed by atoms with Gasteiger partial charge in [0.1, 0.15) is 0 Å². The molecule has 0 aliphatic carbocycles. The number of rotatable bonds is 2. The molecule has 6 heteroatoms. The van der Waals surface area contributed by atoms with Gasteiger partial charge in [0.15, 0.2) is 0 Å².